The van der Waals surface area contributed by atoms with Crippen LogP contribution in [0.3, 0.4) is 0 Å². The van der Waals surface area contributed by atoms with Gasteiger partial charge in [-0.25, -0.2) is 0 Å². The molecule has 0 bridgehead atoms. The molecule has 5 heteroatoms. The molecule has 0 aromatic rings. The van der Waals surface area contributed by atoms with Gasteiger partial charge in [-0.3, -0.25) is 14.5 Å². The van der Waals surface area contributed by atoms with E-state index in [2.05, 4.69) is 10.2 Å². The van der Waals surface area contributed by atoms with E-state index in [9.17, 15) is 9.59 Å². The van der Waals surface area contributed by atoms with E-state index in [1.807, 2.05) is 4.90 Å². The largest absolute Gasteiger partial charge is 0.358 e. The molecule has 3 aliphatic rings. The Labute approximate surface area is 120 Å². The molecule has 0 spiro atoms. The Morgan fingerprint density at radius 3 is 2.30 bits per heavy atom. The number of likely N-dealkylation sites (tertiary alicyclic amines) is 2. The highest BCUT2D eigenvalue weighted by Gasteiger charge is 2.53. The lowest BCUT2D eigenvalue weighted by molar-refractivity contribution is -0.147. The SMILES string of the molecule is CNC(=O)C1(N2CCCC2C(=O)N2CCCC2)CCC1. The van der Waals surface area contributed by atoms with Gasteiger partial charge in [0.25, 0.3) is 0 Å². The lowest BCUT2D eigenvalue weighted by Gasteiger charge is -2.49. The summed E-state index contributed by atoms with van der Waals surface area (Å²) in [6.45, 7) is 2.68. The number of carbonyl (C=O) groups excluding carboxylic acids is 2. The number of likely N-dealkylation sites (N-methyl/N-ethyl adjacent to an activating group) is 1. The van der Waals surface area contributed by atoms with Crippen LogP contribution in [0.5, 0.6) is 0 Å². The monoisotopic (exact) mass is 279 g/mol. The highest BCUT2D eigenvalue weighted by Crippen LogP contribution is 2.42. The van der Waals surface area contributed by atoms with Crippen molar-refractivity contribution >= 4 is 11.8 Å². The molecule has 2 amide bonds. The van der Waals surface area contributed by atoms with E-state index in [1.54, 1.807) is 7.05 Å². The maximum atomic E-state index is 12.7. The first-order chi connectivity index (χ1) is 9.69. The molecule has 1 N–H and O–H groups in total. The summed E-state index contributed by atoms with van der Waals surface area (Å²) in [7, 11) is 1.70. The Kier molecular flexibility index (Phi) is 3.71. The third kappa shape index (κ3) is 2.03. The summed E-state index contributed by atoms with van der Waals surface area (Å²) in [6, 6.07) is -0.0642. The van der Waals surface area contributed by atoms with Crippen molar-refractivity contribution in [2.24, 2.45) is 0 Å². The molecule has 5 nitrogen and oxygen atoms in total. The van der Waals surface area contributed by atoms with Crippen LogP contribution in [0.1, 0.15) is 44.9 Å². The minimum absolute atomic E-state index is 0.0642. The standard InChI is InChI=1S/C15H25N3O2/c1-16-14(20)15(7-5-8-15)18-11-4-6-12(18)13(19)17-9-2-3-10-17/h12H,2-11H2,1H3,(H,16,20). The van der Waals surface area contributed by atoms with Gasteiger partial charge >= 0.3 is 0 Å². The van der Waals surface area contributed by atoms with Crippen molar-refractivity contribution < 1.29 is 9.59 Å². The molecule has 1 aliphatic carbocycles. The number of hydrogen-bond donors (Lipinski definition) is 1. The van der Waals surface area contributed by atoms with Gasteiger partial charge in [-0.05, 0) is 44.9 Å². The molecule has 0 radical (unpaired) electrons. The van der Waals surface area contributed by atoms with Crippen LogP contribution in [0.4, 0.5) is 0 Å². The molecule has 2 saturated heterocycles. The normalized spacial score (nSPS) is 29.2. The highest BCUT2D eigenvalue weighted by atomic mass is 16.2. The summed E-state index contributed by atoms with van der Waals surface area (Å²) in [5.74, 6) is 0.361. The zero-order valence-electron chi connectivity index (χ0n) is 12.4. The fraction of sp³-hybridized carbons (Fsp3) is 0.867. The van der Waals surface area contributed by atoms with E-state index in [-0.39, 0.29) is 17.9 Å². The molecule has 2 aliphatic heterocycles. The van der Waals surface area contributed by atoms with Crippen LogP contribution >= 0.6 is 0 Å². The van der Waals surface area contributed by atoms with Gasteiger partial charge in [0.1, 0.15) is 5.54 Å². The van der Waals surface area contributed by atoms with Crippen LogP contribution in [-0.4, -0.2) is 59.9 Å². The Balaban J connectivity index is 1.77. The van der Waals surface area contributed by atoms with Crippen LogP contribution in [0.15, 0.2) is 0 Å². The van der Waals surface area contributed by atoms with Gasteiger partial charge < -0.3 is 10.2 Å². The zero-order valence-corrected chi connectivity index (χ0v) is 12.4. The van der Waals surface area contributed by atoms with Crippen molar-refractivity contribution in [2.45, 2.75) is 56.5 Å². The first kappa shape index (κ1) is 13.9. The van der Waals surface area contributed by atoms with Crippen LogP contribution in [-0.2, 0) is 9.59 Å². The molecule has 3 rings (SSSR count). The van der Waals surface area contributed by atoms with E-state index >= 15 is 0 Å². The Morgan fingerprint density at radius 2 is 1.75 bits per heavy atom. The fourth-order valence-corrected chi connectivity index (χ4v) is 4.07. The second-order valence-corrected chi connectivity index (χ2v) is 6.35. The summed E-state index contributed by atoms with van der Waals surface area (Å²) in [5, 5.41) is 2.81. The fourth-order valence-electron chi connectivity index (χ4n) is 4.07. The van der Waals surface area contributed by atoms with E-state index in [0.717, 1.165) is 64.6 Å². The number of nitrogens with one attached hydrogen (secondary N) is 1. The number of nitrogens with zero attached hydrogens (tertiary/aromatic N) is 2. The average molecular weight is 279 g/mol. The van der Waals surface area contributed by atoms with Gasteiger partial charge in [-0.1, -0.05) is 0 Å². The Bertz CT molecular complexity index is 400. The number of hydrogen-bond acceptors (Lipinski definition) is 3. The molecular weight excluding hydrogens is 254 g/mol. The molecule has 2 heterocycles. The number of rotatable bonds is 3. The third-order valence-electron chi connectivity index (χ3n) is 5.34. The van der Waals surface area contributed by atoms with Gasteiger partial charge in [0, 0.05) is 26.7 Å². The van der Waals surface area contributed by atoms with Crippen molar-refractivity contribution in [3.8, 4) is 0 Å². The summed E-state index contributed by atoms with van der Waals surface area (Å²) in [6.07, 6.45) is 7.08. The summed E-state index contributed by atoms with van der Waals surface area (Å²) >= 11 is 0. The average Bonchev–Trinajstić information content (AvgIpc) is 3.08. The van der Waals surface area contributed by atoms with Gasteiger partial charge in [0.15, 0.2) is 0 Å². The zero-order chi connectivity index (χ0) is 14.2. The lowest BCUT2D eigenvalue weighted by Crippen LogP contribution is -2.65. The highest BCUT2D eigenvalue weighted by molar-refractivity contribution is 5.89. The number of carbonyl (C=O) groups is 2. The van der Waals surface area contributed by atoms with Crippen LogP contribution < -0.4 is 5.32 Å². The topological polar surface area (TPSA) is 52.7 Å². The maximum Gasteiger partial charge on any atom is 0.240 e. The summed E-state index contributed by atoms with van der Waals surface area (Å²) in [4.78, 5) is 29.2. The maximum absolute atomic E-state index is 12.7. The van der Waals surface area contributed by atoms with E-state index in [1.165, 1.54) is 0 Å². The summed E-state index contributed by atoms with van der Waals surface area (Å²) < 4.78 is 0. The van der Waals surface area contributed by atoms with Crippen molar-refractivity contribution in [3.05, 3.63) is 0 Å². The van der Waals surface area contributed by atoms with E-state index < -0.39 is 5.54 Å². The quantitative estimate of drug-likeness (QED) is 0.829. The molecule has 20 heavy (non-hydrogen) atoms. The second kappa shape index (κ2) is 5.35. The molecule has 0 aromatic heterocycles. The van der Waals surface area contributed by atoms with Crippen molar-refractivity contribution in [1.29, 1.82) is 0 Å². The Morgan fingerprint density at radius 1 is 1.05 bits per heavy atom. The summed E-state index contributed by atoms with van der Waals surface area (Å²) in [5.41, 5.74) is -0.398. The van der Waals surface area contributed by atoms with Crippen LogP contribution in [0.25, 0.3) is 0 Å². The van der Waals surface area contributed by atoms with Crippen molar-refractivity contribution in [3.63, 3.8) is 0 Å². The molecular formula is C15H25N3O2. The molecule has 3 fully saturated rings. The van der Waals surface area contributed by atoms with Crippen LogP contribution in [0, 0.1) is 0 Å². The van der Waals surface area contributed by atoms with Gasteiger partial charge in [-0.15, -0.1) is 0 Å². The molecule has 0 aromatic carbocycles. The predicted molar refractivity (Wildman–Crippen MR) is 76.2 cm³/mol. The molecule has 1 unspecified atom stereocenters. The van der Waals surface area contributed by atoms with E-state index in [0.29, 0.717) is 0 Å². The first-order valence-corrected chi connectivity index (χ1v) is 7.97. The van der Waals surface area contributed by atoms with Crippen molar-refractivity contribution in [2.75, 3.05) is 26.7 Å². The lowest BCUT2D eigenvalue weighted by atomic mass is 9.74. The molecule has 1 saturated carbocycles. The first-order valence-electron chi connectivity index (χ1n) is 7.97. The Hall–Kier alpha value is -1.10. The van der Waals surface area contributed by atoms with Gasteiger partial charge in [0.05, 0.1) is 6.04 Å². The minimum atomic E-state index is -0.398. The van der Waals surface area contributed by atoms with Crippen molar-refractivity contribution in [1.82, 2.24) is 15.1 Å². The second-order valence-electron chi connectivity index (χ2n) is 6.35. The smallest absolute Gasteiger partial charge is 0.240 e. The van der Waals surface area contributed by atoms with Gasteiger partial charge in [-0.2, -0.15) is 0 Å². The van der Waals surface area contributed by atoms with Gasteiger partial charge in [0.2, 0.25) is 11.8 Å². The van der Waals surface area contributed by atoms with Crippen LogP contribution in [0.2, 0.25) is 0 Å². The molecule has 112 valence electrons. The molecule has 1 atom stereocenters. The predicted octanol–water partition coefficient (Wildman–Crippen LogP) is 0.742. The number of amides is 2. The third-order valence-corrected chi connectivity index (χ3v) is 5.34. The minimum Gasteiger partial charge on any atom is -0.358 e. The van der Waals surface area contributed by atoms with E-state index in [4.69, 9.17) is 0 Å².